The van der Waals surface area contributed by atoms with Crippen molar-refractivity contribution in [1.29, 1.82) is 0 Å². The number of ether oxygens (including phenoxy) is 1. The van der Waals surface area contributed by atoms with Crippen LogP contribution in [0.2, 0.25) is 0 Å². The van der Waals surface area contributed by atoms with E-state index in [4.69, 9.17) is 4.74 Å². The number of esters is 1. The van der Waals surface area contributed by atoms with Gasteiger partial charge in [-0.3, -0.25) is 4.79 Å². The predicted molar refractivity (Wildman–Crippen MR) is 80.4 cm³/mol. The molecule has 0 N–H and O–H groups in total. The highest BCUT2D eigenvalue weighted by Crippen LogP contribution is 2.26. The number of hydrogen-bond acceptors (Lipinski definition) is 3. The fourth-order valence-electron chi connectivity index (χ4n) is 1.54. The summed E-state index contributed by atoms with van der Waals surface area (Å²) in [5.74, 6) is -0.200. The van der Waals surface area contributed by atoms with E-state index in [2.05, 4.69) is 28.1 Å². The summed E-state index contributed by atoms with van der Waals surface area (Å²) in [7, 11) is 0. The fraction of sp³-hybridized carbons (Fsp3) is 0.500. The maximum Gasteiger partial charge on any atom is 0.302 e. The van der Waals surface area contributed by atoms with E-state index in [9.17, 15) is 4.79 Å². The number of benzene rings is 1. The molecule has 0 amide bonds. The summed E-state index contributed by atoms with van der Waals surface area (Å²) in [4.78, 5) is 12.1. The van der Waals surface area contributed by atoms with Gasteiger partial charge in [-0.2, -0.15) is 0 Å². The predicted octanol–water partition coefficient (Wildman–Crippen LogP) is 4.28. The van der Waals surface area contributed by atoms with E-state index in [-0.39, 0.29) is 5.97 Å². The molecule has 1 aromatic carbocycles. The number of carbonyl (C=O) groups is 1. The first kappa shape index (κ1) is 15.6. The van der Waals surface area contributed by atoms with Crippen molar-refractivity contribution in [1.82, 2.24) is 0 Å². The van der Waals surface area contributed by atoms with Crippen molar-refractivity contribution in [2.45, 2.75) is 36.3 Å². The van der Waals surface area contributed by atoms with Gasteiger partial charge in [-0.25, -0.2) is 0 Å². The standard InChI is InChI=1S/C14H19BrO2S/c1-12(16)17-11-14(9-5-6-10-15)18-13-7-3-2-4-8-13/h2-4,7-8,14H,5-6,9-11H2,1H3. The van der Waals surface area contributed by atoms with Crippen LogP contribution in [-0.2, 0) is 9.53 Å². The summed E-state index contributed by atoms with van der Waals surface area (Å²) >= 11 is 5.22. The van der Waals surface area contributed by atoms with Gasteiger partial charge in [0.1, 0.15) is 6.61 Å². The van der Waals surface area contributed by atoms with Crippen LogP contribution in [0.3, 0.4) is 0 Å². The minimum absolute atomic E-state index is 0.200. The van der Waals surface area contributed by atoms with Crippen LogP contribution < -0.4 is 0 Å². The highest BCUT2D eigenvalue weighted by atomic mass is 79.9. The average Bonchev–Trinajstić information content (AvgIpc) is 2.37. The first-order valence-corrected chi connectivity index (χ1v) is 8.13. The number of thioether (sulfide) groups is 1. The van der Waals surface area contributed by atoms with Gasteiger partial charge < -0.3 is 4.74 Å². The van der Waals surface area contributed by atoms with Gasteiger partial charge in [0.15, 0.2) is 0 Å². The molecular formula is C14H19BrO2S. The van der Waals surface area contributed by atoms with Crippen molar-refractivity contribution >= 4 is 33.7 Å². The molecule has 0 fully saturated rings. The summed E-state index contributed by atoms with van der Waals surface area (Å²) in [6.07, 6.45) is 3.38. The molecule has 0 bridgehead atoms. The van der Waals surface area contributed by atoms with Crippen LogP contribution in [0, 0.1) is 0 Å². The van der Waals surface area contributed by atoms with Crippen molar-refractivity contribution < 1.29 is 9.53 Å². The molecule has 1 aromatic rings. The molecule has 1 rings (SSSR count). The molecule has 1 atom stereocenters. The second kappa shape index (κ2) is 9.45. The van der Waals surface area contributed by atoms with Crippen LogP contribution in [0.15, 0.2) is 35.2 Å². The van der Waals surface area contributed by atoms with Crippen molar-refractivity contribution in [3.63, 3.8) is 0 Å². The lowest BCUT2D eigenvalue weighted by Gasteiger charge is -2.16. The zero-order valence-corrected chi connectivity index (χ0v) is 13.0. The number of hydrogen-bond donors (Lipinski definition) is 0. The molecule has 0 aliphatic carbocycles. The SMILES string of the molecule is CC(=O)OCC(CCCCBr)Sc1ccccc1. The minimum Gasteiger partial charge on any atom is -0.465 e. The summed E-state index contributed by atoms with van der Waals surface area (Å²) in [5, 5.41) is 1.37. The first-order valence-electron chi connectivity index (χ1n) is 6.13. The monoisotopic (exact) mass is 330 g/mol. The smallest absolute Gasteiger partial charge is 0.302 e. The lowest BCUT2D eigenvalue weighted by atomic mass is 10.2. The first-order chi connectivity index (χ1) is 8.72. The molecule has 0 aromatic heterocycles. The maximum absolute atomic E-state index is 10.9. The molecule has 0 heterocycles. The summed E-state index contributed by atoms with van der Waals surface area (Å²) < 4.78 is 5.14. The molecule has 0 saturated carbocycles. The molecule has 0 saturated heterocycles. The molecule has 100 valence electrons. The Bertz CT molecular complexity index is 343. The van der Waals surface area contributed by atoms with Crippen molar-refractivity contribution in [2.75, 3.05) is 11.9 Å². The normalized spacial score (nSPS) is 12.1. The number of rotatable bonds is 8. The Hall–Kier alpha value is -0.480. The minimum atomic E-state index is -0.200. The van der Waals surface area contributed by atoms with Gasteiger partial charge in [-0.15, -0.1) is 11.8 Å². The molecule has 0 radical (unpaired) electrons. The molecule has 4 heteroatoms. The molecule has 2 nitrogen and oxygen atoms in total. The van der Waals surface area contributed by atoms with Crippen LogP contribution in [0.4, 0.5) is 0 Å². The molecule has 0 spiro atoms. The second-order valence-electron chi connectivity index (χ2n) is 4.04. The summed E-state index contributed by atoms with van der Waals surface area (Å²) in [6, 6.07) is 10.3. The Morgan fingerprint density at radius 1 is 1.33 bits per heavy atom. The molecular weight excluding hydrogens is 312 g/mol. The summed E-state index contributed by atoms with van der Waals surface area (Å²) in [6.45, 7) is 1.96. The molecule has 0 aliphatic heterocycles. The van der Waals surface area contributed by atoms with Gasteiger partial charge in [0.05, 0.1) is 0 Å². The Kier molecular flexibility index (Phi) is 8.18. The van der Waals surface area contributed by atoms with Gasteiger partial charge in [-0.05, 0) is 25.0 Å². The maximum atomic E-state index is 10.9. The van der Waals surface area contributed by atoms with E-state index in [1.165, 1.54) is 11.8 Å². The average molecular weight is 331 g/mol. The number of unbranched alkanes of at least 4 members (excludes halogenated alkanes) is 1. The molecule has 1 unspecified atom stereocenters. The Balaban J connectivity index is 2.45. The van der Waals surface area contributed by atoms with E-state index >= 15 is 0 Å². The highest BCUT2D eigenvalue weighted by molar-refractivity contribution is 9.09. The third-order valence-electron chi connectivity index (χ3n) is 2.43. The van der Waals surface area contributed by atoms with E-state index in [0.29, 0.717) is 11.9 Å². The largest absolute Gasteiger partial charge is 0.465 e. The zero-order chi connectivity index (χ0) is 13.2. The van der Waals surface area contributed by atoms with E-state index < -0.39 is 0 Å². The third kappa shape index (κ3) is 7.07. The number of alkyl halides is 1. The van der Waals surface area contributed by atoms with E-state index in [0.717, 1.165) is 24.6 Å². The van der Waals surface area contributed by atoms with Crippen LogP contribution in [-0.4, -0.2) is 23.2 Å². The van der Waals surface area contributed by atoms with Gasteiger partial charge >= 0.3 is 5.97 Å². The quantitative estimate of drug-likeness (QED) is 0.308. The number of halogens is 1. The van der Waals surface area contributed by atoms with Gasteiger partial charge in [-0.1, -0.05) is 40.5 Å². The Morgan fingerprint density at radius 2 is 2.06 bits per heavy atom. The van der Waals surface area contributed by atoms with Gasteiger partial charge in [0.2, 0.25) is 0 Å². The van der Waals surface area contributed by atoms with Crippen molar-refractivity contribution in [3.05, 3.63) is 30.3 Å². The van der Waals surface area contributed by atoms with Crippen LogP contribution in [0.25, 0.3) is 0 Å². The van der Waals surface area contributed by atoms with Gasteiger partial charge in [0.25, 0.3) is 0 Å². The second-order valence-corrected chi connectivity index (χ2v) is 6.21. The molecule has 18 heavy (non-hydrogen) atoms. The van der Waals surface area contributed by atoms with Crippen molar-refractivity contribution in [2.24, 2.45) is 0 Å². The summed E-state index contributed by atoms with van der Waals surface area (Å²) in [5.41, 5.74) is 0. The topological polar surface area (TPSA) is 26.3 Å². The van der Waals surface area contributed by atoms with E-state index in [1.807, 2.05) is 18.2 Å². The third-order valence-corrected chi connectivity index (χ3v) is 4.24. The Labute approximate surface area is 122 Å². The van der Waals surface area contributed by atoms with Crippen LogP contribution in [0.1, 0.15) is 26.2 Å². The van der Waals surface area contributed by atoms with E-state index in [1.54, 1.807) is 11.8 Å². The lowest BCUT2D eigenvalue weighted by molar-refractivity contribution is -0.140. The van der Waals surface area contributed by atoms with Crippen molar-refractivity contribution in [3.8, 4) is 0 Å². The lowest BCUT2D eigenvalue weighted by Crippen LogP contribution is -2.14. The molecule has 0 aliphatic rings. The van der Waals surface area contributed by atoms with Gasteiger partial charge in [0, 0.05) is 22.4 Å². The zero-order valence-electron chi connectivity index (χ0n) is 10.6. The Morgan fingerprint density at radius 3 is 2.67 bits per heavy atom. The number of carbonyl (C=O) groups excluding carboxylic acids is 1. The highest BCUT2D eigenvalue weighted by Gasteiger charge is 2.12. The fourth-order valence-corrected chi connectivity index (χ4v) is 3.06. The van der Waals surface area contributed by atoms with Crippen LogP contribution in [0.5, 0.6) is 0 Å². The van der Waals surface area contributed by atoms with Crippen LogP contribution >= 0.6 is 27.7 Å².